The average Bonchev–Trinajstić information content (AvgIpc) is 2.58. The zero-order chi connectivity index (χ0) is 16.2. The topological polar surface area (TPSA) is 21.3 Å². The van der Waals surface area contributed by atoms with E-state index in [4.69, 9.17) is 16.3 Å². The van der Waals surface area contributed by atoms with E-state index in [0.29, 0.717) is 10.9 Å². The third kappa shape index (κ3) is 4.00. The van der Waals surface area contributed by atoms with Gasteiger partial charge in [0, 0.05) is 9.79 Å². The van der Waals surface area contributed by atoms with Crippen LogP contribution in [0.5, 0.6) is 5.75 Å². The lowest BCUT2D eigenvalue weighted by Crippen LogP contribution is -2.26. The van der Waals surface area contributed by atoms with Crippen LogP contribution in [0.15, 0.2) is 46.2 Å². The fraction of sp³-hybridized carbons (Fsp3) is 0.333. The second kappa shape index (κ2) is 7.56. The largest absolute Gasteiger partial charge is 0.497 e. The van der Waals surface area contributed by atoms with Gasteiger partial charge >= 0.3 is 0 Å². The Bertz CT molecular complexity index is 689. The van der Waals surface area contributed by atoms with Crippen LogP contribution in [0.2, 0.25) is 5.02 Å². The molecule has 2 aromatic rings. The minimum absolute atomic E-state index is 0.177. The lowest BCUT2D eigenvalue weighted by Gasteiger charge is -2.25. The minimum Gasteiger partial charge on any atom is -0.497 e. The van der Waals surface area contributed by atoms with Crippen LogP contribution in [0.1, 0.15) is 24.3 Å². The highest BCUT2D eigenvalue weighted by Crippen LogP contribution is 2.40. The van der Waals surface area contributed by atoms with Crippen LogP contribution < -0.4 is 10.1 Å². The first-order valence-electron chi connectivity index (χ1n) is 7.69. The Morgan fingerprint density at radius 3 is 2.57 bits per heavy atom. The van der Waals surface area contributed by atoms with Crippen molar-refractivity contribution < 1.29 is 9.13 Å². The van der Waals surface area contributed by atoms with E-state index in [1.54, 1.807) is 31.0 Å². The predicted octanol–water partition coefficient (Wildman–Crippen LogP) is 5.11. The van der Waals surface area contributed by atoms with Crippen LogP contribution >= 0.6 is 23.4 Å². The van der Waals surface area contributed by atoms with Crippen molar-refractivity contribution >= 4 is 23.4 Å². The summed E-state index contributed by atoms with van der Waals surface area (Å²) in [6.07, 6.45) is 2.07. The number of halogens is 2. The molecule has 0 radical (unpaired) electrons. The number of methoxy groups -OCH3 is 1. The summed E-state index contributed by atoms with van der Waals surface area (Å²) < 4.78 is 18.9. The van der Waals surface area contributed by atoms with Crippen LogP contribution in [0.4, 0.5) is 4.39 Å². The summed E-state index contributed by atoms with van der Waals surface area (Å²) in [5.74, 6) is 0.951. The van der Waals surface area contributed by atoms with Crippen molar-refractivity contribution in [3.05, 3.63) is 52.8 Å². The summed E-state index contributed by atoms with van der Waals surface area (Å²) >= 11 is 7.93. The molecule has 1 fully saturated rings. The van der Waals surface area contributed by atoms with E-state index in [-0.39, 0.29) is 5.82 Å². The highest BCUT2D eigenvalue weighted by Gasteiger charge is 2.20. The van der Waals surface area contributed by atoms with E-state index in [9.17, 15) is 4.39 Å². The molecule has 1 aliphatic rings. The summed E-state index contributed by atoms with van der Waals surface area (Å²) in [6, 6.07) is 10.7. The second-order valence-electron chi connectivity index (χ2n) is 5.60. The van der Waals surface area contributed by atoms with Crippen LogP contribution in [0, 0.1) is 5.82 Å². The quantitative estimate of drug-likeness (QED) is 0.827. The molecule has 1 N–H and O–H groups in total. The number of benzene rings is 2. The molecule has 0 unspecified atom stereocenters. The van der Waals surface area contributed by atoms with Gasteiger partial charge in [0.05, 0.1) is 12.1 Å². The molecule has 0 spiro atoms. The highest BCUT2D eigenvalue weighted by molar-refractivity contribution is 7.99. The van der Waals surface area contributed by atoms with Gasteiger partial charge in [0.2, 0.25) is 0 Å². The van der Waals surface area contributed by atoms with Crippen molar-refractivity contribution in [3.63, 3.8) is 0 Å². The summed E-state index contributed by atoms with van der Waals surface area (Å²) in [4.78, 5) is 2.03. The molecule has 0 aromatic heterocycles. The van der Waals surface area contributed by atoms with Gasteiger partial charge in [-0.25, -0.2) is 4.39 Å². The molecular formula is C18H19ClFNOS. The minimum atomic E-state index is -0.177. The Labute approximate surface area is 145 Å². The fourth-order valence-corrected chi connectivity index (χ4v) is 4.17. The van der Waals surface area contributed by atoms with Crippen LogP contribution in [-0.2, 0) is 0 Å². The van der Waals surface area contributed by atoms with Gasteiger partial charge in [-0.05, 0) is 73.8 Å². The van der Waals surface area contributed by atoms with Gasteiger partial charge < -0.3 is 10.1 Å². The van der Waals surface area contributed by atoms with Gasteiger partial charge in [-0.15, -0.1) is 0 Å². The van der Waals surface area contributed by atoms with E-state index in [0.717, 1.165) is 47.0 Å². The Balaban J connectivity index is 1.90. The molecule has 3 rings (SSSR count). The molecular weight excluding hydrogens is 333 g/mol. The average molecular weight is 352 g/mol. The lowest BCUT2D eigenvalue weighted by molar-refractivity contribution is 0.414. The maximum absolute atomic E-state index is 13.8. The van der Waals surface area contributed by atoms with Gasteiger partial charge in [0.15, 0.2) is 0 Å². The molecule has 0 saturated carbocycles. The normalized spacial score (nSPS) is 15.6. The third-order valence-electron chi connectivity index (χ3n) is 4.11. The molecule has 2 aromatic carbocycles. The van der Waals surface area contributed by atoms with Gasteiger partial charge in [0.1, 0.15) is 11.6 Å². The van der Waals surface area contributed by atoms with Gasteiger partial charge in [-0.3, -0.25) is 0 Å². The SMILES string of the molecule is COc1ccc(Sc2ccc(F)cc2C2CCNCC2)c(Cl)c1. The number of hydrogen-bond acceptors (Lipinski definition) is 3. The molecule has 0 atom stereocenters. The highest BCUT2D eigenvalue weighted by atomic mass is 35.5. The van der Waals surface area contributed by atoms with Crippen molar-refractivity contribution in [2.45, 2.75) is 28.6 Å². The molecule has 0 aliphatic carbocycles. The van der Waals surface area contributed by atoms with E-state index < -0.39 is 0 Å². The smallest absolute Gasteiger partial charge is 0.123 e. The fourth-order valence-electron chi connectivity index (χ4n) is 2.87. The summed E-state index contributed by atoms with van der Waals surface area (Å²) in [5, 5.41) is 4.00. The zero-order valence-electron chi connectivity index (χ0n) is 12.9. The van der Waals surface area contributed by atoms with E-state index in [2.05, 4.69) is 5.32 Å². The predicted molar refractivity (Wildman–Crippen MR) is 93.4 cm³/mol. The number of ether oxygens (including phenoxy) is 1. The number of piperidine rings is 1. The summed E-state index contributed by atoms with van der Waals surface area (Å²) in [7, 11) is 1.62. The Hall–Kier alpha value is -1.23. The number of rotatable bonds is 4. The van der Waals surface area contributed by atoms with Crippen molar-refractivity contribution in [1.82, 2.24) is 5.32 Å². The van der Waals surface area contributed by atoms with Gasteiger partial charge in [-0.1, -0.05) is 23.4 Å². The summed E-state index contributed by atoms with van der Waals surface area (Å²) in [5.41, 5.74) is 1.09. The molecule has 5 heteroatoms. The molecule has 122 valence electrons. The van der Waals surface area contributed by atoms with Crippen molar-refractivity contribution in [1.29, 1.82) is 0 Å². The maximum atomic E-state index is 13.8. The van der Waals surface area contributed by atoms with E-state index in [1.807, 2.05) is 18.2 Å². The van der Waals surface area contributed by atoms with E-state index in [1.165, 1.54) is 6.07 Å². The lowest BCUT2D eigenvalue weighted by atomic mass is 9.90. The Kier molecular flexibility index (Phi) is 5.46. The third-order valence-corrected chi connectivity index (χ3v) is 5.70. The molecule has 2 nitrogen and oxygen atoms in total. The first-order chi connectivity index (χ1) is 11.2. The standard InChI is InChI=1S/C18H19ClFNOS/c1-22-14-3-5-18(16(19)11-14)23-17-4-2-13(20)10-15(17)12-6-8-21-9-7-12/h2-5,10-12,21H,6-9H2,1H3. The van der Waals surface area contributed by atoms with Gasteiger partial charge in [0.25, 0.3) is 0 Å². The van der Waals surface area contributed by atoms with Crippen LogP contribution in [0.25, 0.3) is 0 Å². The molecule has 1 saturated heterocycles. The van der Waals surface area contributed by atoms with Crippen molar-refractivity contribution in [2.24, 2.45) is 0 Å². The van der Waals surface area contributed by atoms with Crippen molar-refractivity contribution in [2.75, 3.05) is 20.2 Å². The number of nitrogens with one attached hydrogen (secondary N) is 1. The van der Waals surface area contributed by atoms with Crippen molar-refractivity contribution in [3.8, 4) is 5.75 Å². The first-order valence-corrected chi connectivity index (χ1v) is 8.88. The molecule has 0 bridgehead atoms. The van der Waals surface area contributed by atoms with Crippen LogP contribution in [0.3, 0.4) is 0 Å². The van der Waals surface area contributed by atoms with E-state index >= 15 is 0 Å². The maximum Gasteiger partial charge on any atom is 0.123 e. The molecule has 1 heterocycles. The zero-order valence-corrected chi connectivity index (χ0v) is 14.5. The number of hydrogen-bond donors (Lipinski definition) is 1. The Morgan fingerprint density at radius 2 is 1.87 bits per heavy atom. The molecule has 1 aliphatic heterocycles. The Morgan fingerprint density at radius 1 is 1.13 bits per heavy atom. The molecule has 23 heavy (non-hydrogen) atoms. The summed E-state index contributed by atoms with van der Waals surface area (Å²) in [6.45, 7) is 1.96. The van der Waals surface area contributed by atoms with Gasteiger partial charge in [-0.2, -0.15) is 0 Å². The molecule has 0 amide bonds. The monoisotopic (exact) mass is 351 g/mol. The van der Waals surface area contributed by atoms with Crippen LogP contribution in [-0.4, -0.2) is 20.2 Å². The first kappa shape index (κ1) is 16.6. The second-order valence-corrected chi connectivity index (χ2v) is 7.10.